The van der Waals surface area contributed by atoms with Gasteiger partial charge in [-0.3, -0.25) is 4.79 Å². The van der Waals surface area contributed by atoms with Crippen LogP contribution in [0.5, 0.6) is 0 Å². The number of hydrogen-bond acceptors (Lipinski definition) is 6. The van der Waals surface area contributed by atoms with Gasteiger partial charge in [0.1, 0.15) is 0 Å². The lowest BCUT2D eigenvalue weighted by molar-refractivity contribution is -0.203. The van der Waals surface area contributed by atoms with Gasteiger partial charge in [0.15, 0.2) is 5.13 Å². The number of rotatable bonds is 5. The van der Waals surface area contributed by atoms with Gasteiger partial charge in [-0.05, 0) is 31.2 Å². The number of anilines is 1. The number of nitrogens with one attached hydrogen (secondary N) is 2. The Labute approximate surface area is 155 Å². The quantitative estimate of drug-likeness (QED) is 0.586. The summed E-state index contributed by atoms with van der Waals surface area (Å²) in [6.45, 7) is 1.63. The van der Waals surface area contributed by atoms with Gasteiger partial charge in [0.2, 0.25) is 0 Å². The van der Waals surface area contributed by atoms with E-state index in [4.69, 9.17) is 11.6 Å². The van der Waals surface area contributed by atoms with E-state index in [9.17, 15) is 22.8 Å². The summed E-state index contributed by atoms with van der Waals surface area (Å²) in [5, 5.41) is 3.75. The number of carbonyl (C=O) groups excluding carboxylic acids is 2. The number of aromatic nitrogens is 1. The topological polar surface area (TPSA) is 80.3 Å². The Hall–Kier alpha value is -2.33. The molecule has 0 aliphatic heterocycles. The molecule has 6 nitrogen and oxygen atoms in total. The first-order valence-electron chi connectivity index (χ1n) is 7.03. The lowest BCUT2D eigenvalue weighted by atomic mass is 10.1. The molecule has 1 atom stereocenters. The summed E-state index contributed by atoms with van der Waals surface area (Å²) in [5.74, 6) is -2.88. The average molecular weight is 408 g/mol. The first-order chi connectivity index (χ1) is 12.1. The van der Waals surface area contributed by atoms with Crippen molar-refractivity contribution < 1.29 is 27.5 Å². The maximum atomic E-state index is 13.8. The number of aryl methyl sites for hydroxylation is 1. The number of hydrogen-bond donors (Lipinski definition) is 2. The smallest absolute Gasteiger partial charge is 0.442 e. The lowest BCUT2D eigenvalue weighted by Gasteiger charge is -2.34. The van der Waals surface area contributed by atoms with Crippen LogP contribution in [0.2, 0.25) is 5.02 Å². The fourth-order valence-electron chi connectivity index (χ4n) is 1.96. The van der Waals surface area contributed by atoms with E-state index in [1.54, 1.807) is 12.2 Å². The van der Waals surface area contributed by atoms with Crippen molar-refractivity contribution >= 4 is 39.9 Å². The Morgan fingerprint density at radius 1 is 1.23 bits per heavy atom. The molecule has 1 aromatic carbocycles. The number of thiazole rings is 1. The van der Waals surface area contributed by atoms with E-state index in [1.807, 2.05) is 5.32 Å². The normalized spacial score (nSPS) is 13.6. The highest BCUT2D eigenvalue weighted by Gasteiger charge is 2.64. The Morgan fingerprint density at radius 2 is 1.85 bits per heavy atom. The van der Waals surface area contributed by atoms with Crippen LogP contribution >= 0.6 is 22.9 Å². The third kappa shape index (κ3) is 4.07. The molecule has 11 heteroatoms. The molecule has 0 bridgehead atoms. The van der Waals surface area contributed by atoms with Crippen LogP contribution in [-0.2, 0) is 9.53 Å². The number of carbonyl (C=O) groups is 2. The number of nitrogens with zero attached hydrogens (tertiary/aromatic N) is 1. The van der Waals surface area contributed by atoms with Gasteiger partial charge in [-0.15, -0.1) is 11.3 Å². The van der Waals surface area contributed by atoms with Crippen LogP contribution in [0.4, 0.5) is 18.3 Å². The molecule has 0 unspecified atom stereocenters. The molecule has 2 rings (SSSR count). The second kappa shape index (κ2) is 7.50. The minimum absolute atomic E-state index is 0.121. The number of halogens is 4. The van der Waals surface area contributed by atoms with Crippen LogP contribution < -0.4 is 10.6 Å². The molecule has 1 aromatic heterocycles. The van der Waals surface area contributed by atoms with Crippen molar-refractivity contribution in [2.24, 2.45) is 0 Å². The molecule has 26 heavy (non-hydrogen) atoms. The van der Waals surface area contributed by atoms with Gasteiger partial charge >= 0.3 is 17.8 Å². The fraction of sp³-hybridized carbons (Fsp3) is 0.267. The predicted octanol–water partition coefficient (Wildman–Crippen LogP) is 3.38. The second-order valence-electron chi connectivity index (χ2n) is 5.10. The van der Waals surface area contributed by atoms with Gasteiger partial charge in [0, 0.05) is 21.7 Å². The fourth-order valence-corrected chi connectivity index (χ4v) is 2.81. The molecule has 0 spiro atoms. The summed E-state index contributed by atoms with van der Waals surface area (Å²) in [6.07, 6.45) is -3.89. The molecular formula is C15H13ClF3N3O3S. The van der Waals surface area contributed by atoms with Crippen LogP contribution in [0, 0.1) is 6.92 Å². The first kappa shape index (κ1) is 20.0. The van der Waals surface area contributed by atoms with Crippen LogP contribution in [0.1, 0.15) is 15.2 Å². The van der Waals surface area contributed by atoms with Crippen LogP contribution in [0.25, 0.3) is 0 Å². The third-order valence-electron chi connectivity index (χ3n) is 3.24. The monoisotopic (exact) mass is 407 g/mol. The minimum atomic E-state index is -5.22. The molecule has 0 saturated carbocycles. The summed E-state index contributed by atoms with van der Waals surface area (Å²) in [7, 11) is 0.784. The Balaban J connectivity index is 2.45. The van der Waals surface area contributed by atoms with Crippen molar-refractivity contribution in [2.45, 2.75) is 18.8 Å². The number of alkyl halides is 3. The zero-order chi connectivity index (χ0) is 19.5. The second-order valence-corrected chi connectivity index (χ2v) is 6.77. The molecule has 0 fully saturated rings. The van der Waals surface area contributed by atoms with E-state index in [0.29, 0.717) is 9.90 Å². The molecule has 140 valence electrons. The van der Waals surface area contributed by atoms with Crippen molar-refractivity contribution in [3.05, 3.63) is 45.9 Å². The van der Waals surface area contributed by atoms with Crippen LogP contribution in [-0.4, -0.2) is 35.8 Å². The minimum Gasteiger partial charge on any atom is -0.466 e. The molecule has 1 amide bonds. The van der Waals surface area contributed by atoms with Gasteiger partial charge in [-0.1, -0.05) is 11.6 Å². The van der Waals surface area contributed by atoms with Gasteiger partial charge < -0.3 is 15.4 Å². The highest BCUT2D eigenvalue weighted by molar-refractivity contribution is 7.15. The summed E-state index contributed by atoms with van der Waals surface area (Å²) >= 11 is 6.58. The third-order valence-corrected chi connectivity index (χ3v) is 4.32. The molecular weight excluding hydrogens is 395 g/mol. The van der Waals surface area contributed by atoms with Crippen molar-refractivity contribution in [3.8, 4) is 0 Å². The molecule has 0 saturated heterocycles. The maximum Gasteiger partial charge on any atom is 0.442 e. The lowest BCUT2D eigenvalue weighted by Crippen LogP contribution is -2.69. The zero-order valence-corrected chi connectivity index (χ0v) is 15.1. The highest BCUT2D eigenvalue weighted by atomic mass is 35.5. The van der Waals surface area contributed by atoms with Gasteiger partial charge in [0.25, 0.3) is 5.91 Å². The van der Waals surface area contributed by atoms with Gasteiger partial charge in [0.05, 0.1) is 7.11 Å². The summed E-state index contributed by atoms with van der Waals surface area (Å²) in [6, 6.07) is 5.12. The van der Waals surface area contributed by atoms with Crippen molar-refractivity contribution in [1.82, 2.24) is 10.3 Å². The molecule has 0 aliphatic rings. The number of ether oxygens (including phenoxy) is 1. The number of esters is 1. The highest BCUT2D eigenvalue weighted by Crippen LogP contribution is 2.34. The van der Waals surface area contributed by atoms with Crippen LogP contribution in [0.15, 0.2) is 30.5 Å². The summed E-state index contributed by atoms with van der Waals surface area (Å²) in [5.41, 5.74) is -3.63. The predicted molar refractivity (Wildman–Crippen MR) is 90.2 cm³/mol. The average Bonchev–Trinajstić information content (AvgIpc) is 2.97. The van der Waals surface area contributed by atoms with E-state index < -0.39 is 23.7 Å². The summed E-state index contributed by atoms with van der Waals surface area (Å²) in [4.78, 5) is 28.7. The SMILES string of the molecule is COC(=O)[C@@](NC(=O)c1ccc(Cl)cc1)(Nc1ncc(C)s1)C(F)(F)F. The number of amides is 1. The van der Waals surface area contributed by atoms with Crippen molar-refractivity contribution in [2.75, 3.05) is 12.4 Å². The summed E-state index contributed by atoms with van der Waals surface area (Å²) < 4.78 is 45.8. The first-order valence-corrected chi connectivity index (χ1v) is 8.22. The molecule has 2 N–H and O–H groups in total. The van der Waals surface area contributed by atoms with Gasteiger partial charge in [-0.25, -0.2) is 9.78 Å². The number of methoxy groups -OCH3 is 1. The molecule has 0 radical (unpaired) electrons. The molecule has 1 heterocycles. The van der Waals surface area contributed by atoms with E-state index >= 15 is 0 Å². The van der Waals surface area contributed by atoms with E-state index in [-0.39, 0.29) is 10.7 Å². The van der Waals surface area contributed by atoms with E-state index in [2.05, 4.69) is 9.72 Å². The maximum absolute atomic E-state index is 13.8. The zero-order valence-electron chi connectivity index (χ0n) is 13.5. The molecule has 0 aliphatic carbocycles. The van der Waals surface area contributed by atoms with Crippen molar-refractivity contribution in [3.63, 3.8) is 0 Å². The van der Waals surface area contributed by atoms with E-state index in [0.717, 1.165) is 18.4 Å². The van der Waals surface area contributed by atoms with Gasteiger partial charge in [-0.2, -0.15) is 13.2 Å². The standard InChI is InChI=1S/C15H13ClF3N3O3S/c1-8-7-20-13(26-8)22-14(12(24)25-2,15(17,18)19)21-11(23)9-3-5-10(16)6-4-9/h3-7H,1-2H3,(H,20,22)(H,21,23)/t14-/m1/s1. The Kier molecular flexibility index (Phi) is 5.77. The Bertz CT molecular complexity index is 810. The largest absolute Gasteiger partial charge is 0.466 e. The van der Waals surface area contributed by atoms with E-state index in [1.165, 1.54) is 30.5 Å². The number of benzene rings is 1. The Morgan fingerprint density at radius 3 is 2.31 bits per heavy atom. The van der Waals surface area contributed by atoms with Crippen molar-refractivity contribution in [1.29, 1.82) is 0 Å². The molecule has 2 aromatic rings. The van der Waals surface area contributed by atoms with Crippen LogP contribution in [0.3, 0.4) is 0 Å².